The molecule has 3 atom stereocenters. The molecule has 0 spiro atoms. The van der Waals surface area contributed by atoms with Gasteiger partial charge in [-0.2, -0.15) is 0 Å². The summed E-state index contributed by atoms with van der Waals surface area (Å²) in [5, 5.41) is 0.0350. The number of methoxy groups -OCH3 is 1. The SMILES string of the molecule is CC[C@@H]1[C@@H](C(=O)OC)N(C(=O)OCc2ccccc2)C[C@H]1O[Si](C)(C)C(C)(C)C. The number of benzene rings is 1. The van der Waals surface area contributed by atoms with Gasteiger partial charge in [0, 0.05) is 5.92 Å². The summed E-state index contributed by atoms with van der Waals surface area (Å²) < 4.78 is 17.1. The third-order valence-electron chi connectivity index (χ3n) is 6.20. The highest BCUT2D eigenvalue weighted by Gasteiger charge is 2.51. The maximum absolute atomic E-state index is 12.9. The molecule has 0 aromatic heterocycles. The minimum absolute atomic E-state index is 0.0350. The van der Waals surface area contributed by atoms with Crippen molar-refractivity contribution >= 4 is 20.4 Å². The summed E-state index contributed by atoms with van der Waals surface area (Å²) in [6.45, 7) is 13.4. The van der Waals surface area contributed by atoms with Crippen LogP contribution in [0.3, 0.4) is 0 Å². The van der Waals surface area contributed by atoms with E-state index in [-0.39, 0.29) is 23.7 Å². The fourth-order valence-corrected chi connectivity index (χ4v) is 4.82. The predicted octanol–water partition coefficient (Wildman–Crippen LogP) is 4.60. The third-order valence-corrected chi connectivity index (χ3v) is 10.7. The first-order valence-corrected chi connectivity index (χ1v) is 13.2. The van der Waals surface area contributed by atoms with Gasteiger partial charge in [-0.3, -0.25) is 4.90 Å². The number of hydrogen-bond acceptors (Lipinski definition) is 5. The Balaban J connectivity index is 2.20. The Morgan fingerprint density at radius 1 is 1.17 bits per heavy atom. The Bertz CT molecular complexity index is 701. The van der Waals surface area contributed by atoms with Gasteiger partial charge in [0.2, 0.25) is 0 Å². The molecule has 0 unspecified atom stereocenters. The number of carbonyl (C=O) groups excluding carboxylic acids is 2. The maximum atomic E-state index is 12.9. The Labute approximate surface area is 175 Å². The zero-order chi connectivity index (χ0) is 21.8. The van der Waals surface area contributed by atoms with Gasteiger partial charge in [0.05, 0.1) is 19.8 Å². The Hall–Kier alpha value is -1.86. The molecule has 1 aliphatic heterocycles. The van der Waals surface area contributed by atoms with Crippen LogP contribution in [0.15, 0.2) is 30.3 Å². The van der Waals surface area contributed by atoms with E-state index < -0.39 is 26.4 Å². The summed E-state index contributed by atoms with van der Waals surface area (Å²) in [7, 11) is -0.717. The van der Waals surface area contributed by atoms with Gasteiger partial charge in [-0.15, -0.1) is 0 Å². The van der Waals surface area contributed by atoms with E-state index in [0.29, 0.717) is 13.0 Å². The van der Waals surface area contributed by atoms with Gasteiger partial charge < -0.3 is 13.9 Å². The van der Waals surface area contributed by atoms with Crippen LogP contribution >= 0.6 is 0 Å². The molecule has 162 valence electrons. The summed E-state index contributed by atoms with van der Waals surface area (Å²) in [6, 6.07) is 8.80. The predicted molar refractivity (Wildman–Crippen MR) is 115 cm³/mol. The summed E-state index contributed by atoms with van der Waals surface area (Å²) in [5.41, 5.74) is 0.899. The van der Waals surface area contributed by atoms with Crippen LogP contribution in [0.4, 0.5) is 4.79 Å². The van der Waals surface area contributed by atoms with Crippen molar-refractivity contribution in [1.82, 2.24) is 4.90 Å². The summed E-state index contributed by atoms with van der Waals surface area (Å²) in [6.07, 6.45) is -0.0140. The van der Waals surface area contributed by atoms with Gasteiger partial charge in [0.15, 0.2) is 8.32 Å². The van der Waals surface area contributed by atoms with E-state index >= 15 is 0 Å². The molecule has 7 heteroatoms. The smallest absolute Gasteiger partial charge is 0.410 e. The molecular formula is C22H35NO5Si. The first-order valence-electron chi connectivity index (χ1n) is 10.2. The monoisotopic (exact) mass is 421 g/mol. The molecule has 1 aromatic rings. The van der Waals surface area contributed by atoms with Crippen LogP contribution in [0.2, 0.25) is 18.1 Å². The van der Waals surface area contributed by atoms with E-state index in [4.69, 9.17) is 13.9 Å². The number of carbonyl (C=O) groups is 2. The number of ether oxygens (including phenoxy) is 2. The number of likely N-dealkylation sites (tertiary alicyclic amines) is 1. The van der Waals surface area contributed by atoms with Crippen molar-refractivity contribution in [3.63, 3.8) is 0 Å². The number of esters is 1. The fraction of sp³-hybridized carbons (Fsp3) is 0.636. The number of nitrogens with zero attached hydrogens (tertiary/aromatic N) is 1. The molecule has 29 heavy (non-hydrogen) atoms. The zero-order valence-corrected chi connectivity index (χ0v) is 19.7. The van der Waals surface area contributed by atoms with Gasteiger partial charge in [-0.25, -0.2) is 9.59 Å². The van der Waals surface area contributed by atoms with Crippen molar-refractivity contribution in [3.05, 3.63) is 35.9 Å². The molecule has 1 aromatic carbocycles. The molecule has 0 saturated carbocycles. The van der Waals surface area contributed by atoms with Crippen LogP contribution in [0.5, 0.6) is 0 Å². The van der Waals surface area contributed by atoms with Crippen LogP contribution in [0.1, 0.15) is 39.7 Å². The average Bonchev–Trinajstić information content (AvgIpc) is 3.03. The van der Waals surface area contributed by atoms with E-state index in [9.17, 15) is 9.59 Å². The van der Waals surface area contributed by atoms with Crippen LogP contribution < -0.4 is 0 Å². The molecule has 0 radical (unpaired) electrons. The van der Waals surface area contributed by atoms with E-state index in [2.05, 4.69) is 33.9 Å². The number of rotatable bonds is 6. The number of amides is 1. The van der Waals surface area contributed by atoms with Crippen LogP contribution in [-0.4, -0.2) is 51.1 Å². The van der Waals surface area contributed by atoms with Gasteiger partial charge in [0.1, 0.15) is 12.6 Å². The lowest BCUT2D eigenvalue weighted by atomic mass is 9.95. The van der Waals surface area contributed by atoms with E-state index in [0.717, 1.165) is 5.56 Å². The fourth-order valence-electron chi connectivity index (χ4n) is 3.46. The van der Waals surface area contributed by atoms with Crippen molar-refractivity contribution in [2.45, 2.75) is 71.0 Å². The van der Waals surface area contributed by atoms with Crippen LogP contribution in [0.25, 0.3) is 0 Å². The van der Waals surface area contributed by atoms with Crippen molar-refractivity contribution in [1.29, 1.82) is 0 Å². The van der Waals surface area contributed by atoms with Gasteiger partial charge in [-0.05, 0) is 30.1 Å². The maximum Gasteiger partial charge on any atom is 0.410 e. The normalized spacial score (nSPS) is 22.4. The van der Waals surface area contributed by atoms with Gasteiger partial charge in [-0.1, -0.05) is 58.0 Å². The Kier molecular flexibility index (Phi) is 7.51. The standard InChI is InChI=1S/C22H35NO5Si/c1-8-17-18(28-29(6,7)22(2,3)4)14-23(19(17)20(24)26-5)21(25)27-15-16-12-10-9-11-13-16/h9-13,17-19H,8,14-15H2,1-7H3/t17-,18+,19-/m0/s1. The first-order chi connectivity index (χ1) is 13.5. The van der Waals surface area contributed by atoms with Crippen molar-refractivity contribution < 1.29 is 23.5 Å². The third kappa shape index (κ3) is 5.39. The molecule has 1 heterocycles. The molecule has 1 aliphatic rings. The highest BCUT2D eigenvalue weighted by Crippen LogP contribution is 2.41. The van der Waals surface area contributed by atoms with Crippen LogP contribution in [0, 0.1) is 5.92 Å². The van der Waals surface area contributed by atoms with E-state index in [1.165, 1.54) is 12.0 Å². The second-order valence-corrected chi connectivity index (χ2v) is 13.9. The second kappa shape index (κ2) is 9.30. The minimum atomic E-state index is -2.07. The molecule has 0 aliphatic carbocycles. The zero-order valence-electron chi connectivity index (χ0n) is 18.7. The topological polar surface area (TPSA) is 65.1 Å². The second-order valence-electron chi connectivity index (χ2n) is 9.15. The van der Waals surface area contributed by atoms with Gasteiger partial charge >= 0.3 is 12.1 Å². The van der Waals surface area contributed by atoms with E-state index in [1.807, 2.05) is 37.3 Å². The lowest BCUT2D eigenvalue weighted by Crippen LogP contribution is -2.46. The summed E-state index contributed by atoms with van der Waals surface area (Å²) in [5.74, 6) is -0.546. The highest BCUT2D eigenvalue weighted by atomic mass is 28.4. The Morgan fingerprint density at radius 2 is 1.79 bits per heavy atom. The lowest BCUT2D eigenvalue weighted by molar-refractivity contribution is -0.147. The molecule has 1 fully saturated rings. The van der Waals surface area contributed by atoms with Crippen LogP contribution in [-0.2, 0) is 25.3 Å². The van der Waals surface area contributed by atoms with E-state index in [1.54, 1.807) is 0 Å². The molecule has 0 bridgehead atoms. The molecule has 2 rings (SSSR count). The molecule has 0 N–H and O–H groups in total. The molecule has 6 nitrogen and oxygen atoms in total. The minimum Gasteiger partial charge on any atom is -0.467 e. The highest BCUT2D eigenvalue weighted by molar-refractivity contribution is 6.74. The van der Waals surface area contributed by atoms with Crippen molar-refractivity contribution in [2.24, 2.45) is 5.92 Å². The molecule has 1 saturated heterocycles. The lowest BCUT2D eigenvalue weighted by Gasteiger charge is -2.39. The average molecular weight is 422 g/mol. The number of hydrogen-bond donors (Lipinski definition) is 0. The summed E-state index contributed by atoms with van der Waals surface area (Å²) >= 11 is 0. The Morgan fingerprint density at radius 3 is 2.31 bits per heavy atom. The quantitative estimate of drug-likeness (QED) is 0.496. The largest absolute Gasteiger partial charge is 0.467 e. The first kappa shape index (κ1) is 23.4. The molecular weight excluding hydrogens is 386 g/mol. The van der Waals surface area contributed by atoms with Gasteiger partial charge in [0.25, 0.3) is 0 Å². The molecule has 1 amide bonds. The summed E-state index contributed by atoms with van der Waals surface area (Å²) in [4.78, 5) is 26.9. The van der Waals surface area contributed by atoms with Crippen molar-refractivity contribution in [3.8, 4) is 0 Å². The van der Waals surface area contributed by atoms with Crippen molar-refractivity contribution in [2.75, 3.05) is 13.7 Å².